The fourth-order valence-corrected chi connectivity index (χ4v) is 2.59. The van der Waals surface area contributed by atoms with Gasteiger partial charge in [0.15, 0.2) is 0 Å². The normalized spacial score (nSPS) is 13.3. The monoisotopic (exact) mass is 321 g/mol. The first-order valence-electron chi connectivity index (χ1n) is 8.33. The first-order chi connectivity index (χ1) is 10.6. The van der Waals surface area contributed by atoms with Crippen molar-refractivity contribution >= 4 is 5.91 Å². The number of carbonyl (C=O) groups excluding carboxylic acids is 1. The number of aliphatic hydroxyl groups excluding tert-OH is 1. The average molecular weight is 321 g/mol. The molecule has 0 heterocycles. The van der Waals surface area contributed by atoms with Crippen LogP contribution in [-0.4, -0.2) is 29.8 Å². The van der Waals surface area contributed by atoms with Gasteiger partial charge in [0.25, 0.3) is 0 Å². The molecule has 0 aromatic heterocycles. The van der Waals surface area contributed by atoms with Gasteiger partial charge in [0.1, 0.15) is 5.75 Å². The first-order valence-corrected chi connectivity index (χ1v) is 8.33. The molecule has 0 aliphatic heterocycles. The van der Waals surface area contributed by atoms with E-state index in [1.54, 1.807) is 0 Å². The number of hydrogen-bond donors (Lipinski definition) is 2. The molecule has 4 heteroatoms. The van der Waals surface area contributed by atoms with Crippen molar-refractivity contribution in [3.05, 3.63) is 29.8 Å². The molecule has 1 atom stereocenters. The van der Waals surface area contributed by atoms with Crippen molar-refractivity contribution in [1.29, 1.82) is 0 Å². The second-order valence-electron chi connectivity index (χ2n) is 7.41. The summed E-state index contributed by atoms with van der Waals surface area (Å²) in [6, 6.07) is 7.60. The van der Waals surface area contributed by atoms with Crippen molar-refractivity contribution in [2.45, 2.75) is 60.2 Å². The zero-order valence-electron chi connectivity index (χ0n) is 15.2. The van der Waals surface area contributed by atoms with E-state index in [1.165, 1.54) is 0 Å². The van der Waals surface area contributed by atoms with E-state index in [2.05, 4.69) is 5.32 Å². The number of hydrogen-bond acceptors (Lipinski definition) is 3. The van der Waals surface area contributed by atoms with Crippen LogP contribution in [0.25, 0.3) is 0 Å². The molecule has 23 heavy (non-hydrogen) atoms. The molecule has 1 aromatic carbocycles. The molecule has 1 unspecified atom stereocenters. The van der Waals surface area contributed by atoms with Crippen LogP contribution in [0.5, 0.6) is 5.75 Å². The maximum Gasteiger partial charge on any atom is 0.224 e. The summed E-state index contributed by atoms with van der Waals surface area (Å²) < 4.78 is 5.74. The van der Waals surface area contributed by atoms with Gasteiger partial charge in [-0.2, -0.15) is 0 Å². The Morgan fingerprint density at radius 2 is 1.83 bits per heavy atom. The number of benzene rings is 1. The van der Waals surface area contributed by atoms with Gasteiger partial charge in [-0.05, 0) is 25.8 Å². The molecule has 0 saturated carbocycles. The predicted molar refractivity (Wildman–Crippen MR) is 93.5 cm³/mol. The third-order valence-corrected chi connectivity index (χ3v) is 3.86. The van der Waals surface area contributed by atoms with E-state index in [0.717, 1.165) is 11.3 Å². The number of rotatable bonds is 8. The standard InChI is InChI=1S/C19H31NO3/c1-13(2)18(22)19(5,6)12-20-17(21)11-15-9-7-8-10-16(15)23-14(3)4/h7-10,13-14,18,22H,11-12H2,1-6H3,(H,20,21). The molecule has 0 fully saturated rings. The summed E-state index contributed by atoms with van der Waals surface area (Å²) in [7, 11) is 0. The highest BCUT2D eigenvalue weighted by molar-refractivity contribution is 5.79. The first kappa shape index (κ1) is 19.5. The van der Waals surface area contributed by atoms with Crippen LogP contribution < -0.4 is 10.1 Å². The van der Waals surface area contributed by atoms with Gasteiger partial charge in [-0.15, -0.1) is 0 Å². The molecular formula is C19H31NO3. The fourth-order valence-electron chi connectivity index (χ4n) is 2.59. The zero-order chi connectivity index (χ0) is 17.6. The highest BCUT2D eigenvalue weighted by Crippen LogP contribution is 2.25. The van der Waals surface area contributed by atoms with Crippen molar-refractivity contribution in [3.8, 4) is 5.75 Å². The summed E-state index contributed by atoms with van der Waals surface area (Å²) in [5.74, 6) is 0.843. The van der Waals surface area contributed by atoms with Crippen molar-refractivity contribution in [1.82, 2.24) is 5.32 Å². The van der Waals surface area contributed by atoms with Gasteiger partial charge in [0, 0.05) is 17.5 Å². The summed E-state index contributed by atoms with van der Waals surface area (Å²) in [4.78, 5) is 12.2. The van der Waals surface area contributed by atoms with Crippen LogP contribution in [0.1, 0.15) is 47.1 Å². The molecule has 1 rings (SSSR count). The minimum absolute atomic E-state index is 0.0613. The molecular weight excluding hydrogens is 290 g/mol. The van der Waals surface area contributed by atoms with Crippen LogP contribution in [0.15, 0.2) is 24.3 Å². The minimum atomic E-state index is -0.459. The zero-order valence-corrected chi connectivity index (χ0v) is 15.2. The Hall–Kier alpha value is -1.55. The predicted octanol–water partition coefficient (Wildman–Crippen LogP) is 3.18. The maximum absolute atomic E-state index is 12.2. The van der Waals surface area contributed by atoms with E-state index in [0.29, 0.717) is 6.54 Å². The number of aliphatic hydroxyl groups is 1. The van der Waals surface area contributed by atoms with Crippen molar-refractivity contribution in [3.63, 3.8) is 0 Å². The smallest absolute Gasteiger partial charge is 0.224 e. The highest BCUT2D eigenvalue weighted by atomic mass is 16.5. The Bertz CT molecular complexity index is 509. The Morgan fingerprint density at radius 1 is 1.22 bits per heavy atom. The van der Waals surface area contributed by atoms with Gasteiger partial charge in [-0.3, -0.25) is 4.79 Å². The van der Waals surface area contributed by atoms with Crippen molar-refractivity contribution in [2.75, 3.05) is 6.54 Å². The number of amides is 1. The second-order valence-corrected chi connectivity index (χ2v) is 7.41. The fraction of sp³-hybridized carbons (Fsp3) is 0.632. The summed E-state index contributed by atoms with van der Waals surface area (Å²) in [5, 5.41) is 13.2. The highest BCUT2D eigenvalue weighted by Gasteiger charge is 2.30. The van der Waals surface area contributed by atoms with Gasteiger partial charge < -0.3 is 15.2 Å². The van der Waals surface area contributed by atoms with E-state index in [1.807, 2.05) is 65.8 Å². The van der Waals surface area contributed by atoms with Gasteiger partial charge in [0.05, 0.1) is 18.6 Å². The molecule has 0 radical (unpaired) electrons. The molecule has 0 aliphatic rings. The lowest BCUT2D eigenvalue weighted by Crippen LogP contribution is -2.44. The number of ether oxygens (including phenoxy) is 1. The topological polar surface area (TPSA) is 58.6 Å². The molecule has 0 bridgehead atoms. The molecule has 130 valence electrons. The van der Waals surface area contributed by atoms with Crippen LogP contribution in [0.2, 0.25) is 0 Å². The lowest BCUT2D eigenvalue weighted by Gasteiger charge is -2.33. The quantitative estimate of drug-likeness (QED) is 0.773. The Labute approximate surface area is 140 Å². The maximum atomic E-state index is 12.2. The molecule has 0 aliphatic carbocycles. The average Bonchev–Trinajstić information content (AvgIpc) is 2.46. The molecule has 2 N–H and O–H groups in total. The molecule has 1 amide bonds. The van der Waals surface area contributed by atoms with Crippen LogP contribution in [0.4, 0.5) is 0 Å². The van der Waals surface area contributed by atoms with E-state index in [4.69, 9.17) is 4.74 Å². The summed E-state index contributed by atoms with van der Waals surface area (Å²) in [5.41, 5.74) is 0.513. The second kappa shape index (κ2) is 8.34. The summed E-state index contributed by atoms with van der Waals surface area (Å²) in [6.07, 6.45) is -0.116. The van der Waals surface area contributed by atoms with E-state index in [-0.39, 0.29) is 29.8 Å². The van der Waals surface area contributed by atoms with Gasteiger partial charge in [-0.1, -0.05) is 45.9 Å². The number of nitrogens with one attached hydrogen (secondary N) is 1. The van der Waals surface area contributed by atoms with Crippen molar-refractivity contribution in [2.24, 2.45) is 11.3 Å². The van der Waals surface area contributed by atoms with E-state index in [9.17, 15) is 9.90 Å². The van der Waals surface area contributed by atoms with Crippen LogP contribution in [-0.2, 0) is 11.2 Å². The van der Waals surface area contributed by atoms with Gasteiger partial charge in [-0.25, -0.2) is 0 Å². The van der Waals surface area contributed by atoms with Crippen molar-refractivity contribution < 1.29 is 14.6 Å². The number of carbonyl (C=O) groups is 1. The van der Waals surface area contributed by atoms with Crippen LogP contribution in [0, 0.1) is 11.3 Å². The lowest BCUT2D eigenvalue weighted by molar-refractivity contribution is -0.121. The molecule has 4 nitrogen and oxygen atoms in total. The largest absolute Gasteiger partial charge is 0.491 e. The Kier molecular flexibility index (Phi) is 7.07. The van der Waals surface area contributed by atoms with Crippen LogP contribution in [0.3, 0.4) is 0 Å². The third-order valence-electron chi connectivity index (χ3n) is 3.86. The Morgan fingerprint density at radius 3 is 2.39 bits per heavy atom. The molecule has 0 saturated heterocycles. The third kappa shape index (κ3) is 6.22. The van der Waals surface area contributed by atoms with Gasteiger partial charge in [0.2, 0.25) is 5.91 Å². The molecule has 0 spiro atoms. The summed E-state index contributed by atoms with van der Waals surface area (Å²) >= 11 is 0. The van der Waals surface area contributed by atoms with E-state index >= 15 is 0 Å². The lowest BCUT2D eigenvalue weighted by atomic mass is 9.80. The Balaban J connectivity index is 2.64. The molecule has 1 aromatic rings. The minimum Gasteiger partial charge on any atom is -0.491 e. The SMILES string of the molecule is CC(C)Oc1ccccc1CC(=O)NCC(C)(C)C(O)C(C)C. The van der Waals surface area contributed by atoms with Crippen LogP contribution >= 0.6 is 0 Å². The van der Waals surface area contributed by atoms with E-state index < -0.39 is 6.10 Å². The summed E-state index contributed by atoms with van der Waals surface area (Å²) in [6.45, 7) is 12.3. The number of para-hydroxylation sites is 1. The van der Waals surface area contributed by atoms with Gasteiger partial charge >= 0.3 is 0 Å².